The van der Waals surface area contributed by atoms with Crippen molar-refractivity contribution >= 4 is 5.96 Å². The minimum Gasteiger partial charge on any atom is -0.357 e. The number of rotatable bonds is 6. The number of hydrogen-bond acceptors (Lipinski definition) is 2. The summed E-state index contributed by atoms with van der Waals surface area (Å²) >= 11 is 0. The number of aliphatic imine (C=N–C) groups is 1. The molecule has 1 aromatic heterocycles. The van der Waals surface area contributed by atoms with Crippen molar-refractivity contribution in [2.75, 3.05) is 26.2 Å². The van der Waals surface area contributed by atoms with Crippen molar-refractivity contribution < 1.29 is 0 Å². The molecular formula is C20H35N5. The minimum atomic E-state index is 0.583. The Morgan fingerprint density at radius 1 is 1.28 bits per heavy atom. The molecule has 0 aromatic carbocycles. The van der Waals surface area contributed by atoms with Gasteiger partial charge in [0, 0.05) is 45.3 Å². The van der Waals surface area contributed by atoms with Gasteiger partial charge in [0.1, 0.15) is 0 Å². The molecule has 1 aromatic rings. The fourth-order valence-corrected chi connectivity index (χ4v) is 4.34. The van der Waals surface area contributed by atoms with E-state index in [-0.39, 0.29) is 0 Å². The van der Waals surface area contributed by atoms with Gasteiger partial charge in [-0.05, 0) is 37.7 Å². The van der Waals surface area contributed by atoms with Crippen molar-refractivity contribution in [2.45, 2.75) is 64.2 Å². The highest BCUT2D eigenvalue weighted by atomic mass is 15.3. The van der Waals surface area contributed by atoms with Gasteiger partial charge in [0.15, 0.2) is 5.96 Å². The van der Waals surface area contributed by atoms with E-state index in [9.17, 15) is 0 Å². The molecule has 140 valence electrons. The Balaban J connectivity index is 1.48. The smallest absolute Gasteiger partial charge is 0.193 e. The van der Waals surface area contributed by atoms with Crippen LogP contribution in [0.2, 0.25) is 0 Å². The molecule has 1 aliphatic carbocycles. The molecule has 0 spiro atoms. The second-order valence-corrected chi connectivity index (χ2v) is 7.76. The van der Waals surface area contributed by atoms with Crippen LogP contribution < -0.4 is 5.32 Å². The highest BCUT2D eigenvalue weighted by Crippen LogP contribution is 2.28. The summed E-state index contributed by atoms with van der Waals surface area (Å²) in [6.45, 7) is 6.21. The van der Waals surface area contributed by atoms with E-state index in [0.29, 0.717) is 5.92 Å². The van der Waals surface area contributed by atoms with Gasteiger partial charge in [-0.25, -0.2) is 0 Å². The predicted molar refractivity (Wildman–Crippen MR) is 104 cm³/mol. The number of nitrogens with zero attached hydrogens (tertiary/aromatic N) is 4. The van der Waals surface area contributed by atoms with E-state index in [0.717, 1.165) is 38.1 Å². The molecule has 0 radical (unpaired) electrons. The molecule has 5 nitrogen and oxygen atoms in total. The van der Waals surface area contributed by atoms with Gasteiger partial charge in [0.25, 0.3) is 0 Å². The summed E-state index contributed by atoms with van der Waals surface area (Å²) in [6.07, 6.45) is 15.2. The first-order valence-corrected chi connectivity index (χ1v) is 10.3. The van der Waals surface area contributed by atoms with Gasteiger partial charge in [-0.3, -0.25) is 9.67 Å². The number of hydrogen-bond donors (Lipinski definition) is 1. The van der Waals surface area contributed by atoms with Gasteiger partial charge in [-0.2, -0.15) is 5.10 Å². The lowest BCUT2D eigenvalue weighted by molar-refractivity contribution is 0.334. The molecule has 1 N–H and O–H groups in total. The average molecular weight is 346 g/mol. The summed E-state index contributed by atoms with van der Waals surface area (Å²) in [6, 6.07) is 0. The maximum atomic E-state index is 4.92. The summed E-state index contributed by atoms with van der Waals surface area (Å²) in [7, 11) is 1.99. The zero-order valence-electron chi connectivity index (χ0n) is 16.1. The van der Waals surface area contributed by atoms with Crippen LogP contribution in [0.5, 0.6) is 0 Å². The summed E-state index contributed by atoms with van der Waals surface area (Å²) in [5.74, 6) is 2.66. The van der Waals surface area contributed by atoms with Crippen LogP contribution in [0.3, 0.4) is 0 Å². The lowest BCUT2D eigenvalue weighted by atomic mass is 9.86. The lowest BCUT2D eigenvalue weighted by Crippen LogP contribution is -2.40. The normalized spacial score (nSPS) is 22.6. The third-order valence-electron chi connectivity index (χ3n) is 5.78. The Morgan fingerprint density at radius 3 is 2.84 bits per heavy atom. The van der Waals surface area contributed by atoms with Gasteiger partial charge in [-0.15, -0.1) is 0 Å². The zero-order chi connectivity index (χ0) is 17.5. The zero-order valence-corrected chi connectivity index (χ0v) is 16.1. The van der Waals surface area contributed by atoms with Gasteiger partial charge < -0.3 is 10.2 Å². The number of likely N-dealkylation sites (tertiary alicyclic amines) is 1. The van der Waals surface area contributed by atoms with E-state index in [1.807, 2.05) is 17.9 Å². The maximum Gasteiger partial charge on any atom is 0.193 e. The van der Waals surface area contributed by atoms with E-state index in [1.165, 1.54) is 56.9 Å². The van der Waals surface area contributed by atoms with Crippen LogP contribution >= 0.6 is 0 Å². The van der Waals surface area contributed by atoms with Crippen LogP contribution in [0, 0.1) is 5.92 Å². The van der Waals surface area contributed by atoms with Gasteiger partial charge in [0.05, 0.1) is 6.20 Å². The Hall–Kier alpha value is -1.52. The van der Waals surface area contributed by atoms with E-state index in [2.05, 4.69) is 28.4 Å². The van der Waals surface area contributed by atoms with Crippen LogP contribution in [0.4, 0.5) is 0 Å². The van der Waals surface area contributed by atoms with E-state index >= 15 is 0 Å². The molecule has 0 amide bonds. The Kier molecular flexibility index (Phi) is 6.76. The number of aromatic nitrogens is 2. The van der Waals surface area contributed by atoms with Gasteiger partial charge in [-0.1, -0.05) is 32.1 Å². The highest BCUT2D eigenvalue weighted by molar-refractivity contribution is 5.80. The molecule has 1 aliphatic heterocycles. The first-order chi connectivity index (χ1) is 12.3. The summed E-state index contributed by atoms with van der Waals surface area (Å²) in [5.41, 5.74) is 1.36. The molecule has 2 fully saturated rings. The predicted octanol–water partition coefficient (Wildman–Crippen LogP) is 3.54. The number of aryl methyl sites for hydroxylation is 1. The van der Waals surface area contributed by atoms with Crippen LogP contribution in [0.25, 0.3) is 0 Å². The maximum absolute atomic E-state index is 4.92. The van der Waals surface area contributed by atoms with Gasteiger partial charge in [0.2, 0.25) is 0 Å². The monoisotopic (exact) mass is 345 g/mol. The summed E-state index contributed by atoms with van der Waals surface area (Å²) < 4.78 is 1.91. The molecule has 25 heavy (non-hydrogen) atoms. The molecule has 2 aliphatic rings. The van der Waals surface area contributed by atoms with E-state index in [1.54, 1.807) is 0 Å². The molecule has 5 heteroatoms. The molecule has 1 atom stereocenters. The van der Waals surface area contributed by atoms with Crippen LogP contribution in [-0.2, 0) is 7.05 Å². The summed E-state index contributed by atoms with van der Waals surface area (Å²) in [5, 5.41) is 7.82. The fraction of sp³-hybridized carbons (Fsp3) is 0.800. The van der Waals surface area contributed by atoms with Crippen molar-refractivity contribution in [3.05, 3.63) is 18.0 Å². The first kappa shape index (κ1) is 18.3. The first-order valence-electron chi connectivity index (χ1n) is 10.3. The van der Waals surface area contributed by atoms with Crippen LogP contribution in [-0.4, -0.2) is 46.8 Å². The van der Waals surface area contributed by atoms with Crippen molar-refractivity contribution in [2.24, 2.45) is 18.0 Å². The third-order valence-corrected chi connectivity index (χ3v) is 5.78. The van der Waals surface area contributed by atoms with Crippen LogP contribution in [0.1, 0.15) is 69.8 Å². The van der Waals surface area contributed by atoms with Crippen molar-refractivity contribution in [1.29, 1.82) is 0 Å². The lowest BCUT2D eigenvalue weighted by Gasteiger charge is -2.22. The Morgan fingerprint density at radius 2 is 2.12 bits per heavy atom. The number of guanidine groups is 1. The van der Waals surface area contributed by atoms with Gasteiger partial charge >= 0.3 is 0 Å². The van der Waals surface area contributed by atoms with E-state index < -0.39 is 0 Å². The summed E-state index contributed by atoms with van der Waals surface area (Å²) in [4.78, 5) is 7.36. The second kappa shape index (κ2) is 9.25. The topological polar surface area (TPSA) is 45.5 Å². The minimum absolute atomic E-state index is 0.583. The molecule has 0 bridgehead atoms. The molecule has 1 saturated carbocycles. The van der Waals surface area contributed by atoms with E-state index in [4.69, 9.17) is 4.99 Å². The second-order valence-electron chi connectivity index (χ2n) is 7.76. The molecule has 1 unspecified atom stereocenters. The average Bonchev–Trinajstić information content (AvgIpc) is 3.27. The highest BCUT2D eigenvalue weighted by Gasteiger charge is 2.26. The standard InChI is InChI=1S/C20H35N5/c1-3-21-20(22-12-7-10-17-8-5-4-6-9-17)25-13-11-18(16-25)19-14-23-24(2)15-19/h14-15,17-18H,3-13,16H2,1-2H3,(H,21,22). The Labute approximate surface area is 152 Å². The van der Waals surface area contributed by atoms with Crippen molar-refractivity contribution in [1.82, 2.24) is 20.0 Å². The van der Waals surface area contributed by atoms with Crippen molar-refractivity contribution in [3.8, 4) is 0 Å². The molecule has 1 saturated heterocycles. The number of nitrogens with one attached hydrogen (secondary N) is 1. The Bertz CT molecular complexity index is 544. The fourth-order valence-electron chi connectivity index (χ4n) is 4.34. The SMILES string of the molecule is CCNC(=NCCCC1CCCCC1)N1CCC(c2cnn(C)c2)C1. The third kappa shape index (κ3) is 5.23. The quantitative estimate of drug-likeness (QED) is 0.487. The largest absolute Gasteiger partial charge is 0.357 e. The molecular weight excluding hydrogens is 310 g/mol. The van der Waals surface area contributed by atoms with Crippen LogP contribution in [0.15, 0.2) is 17.4 Å². The van der Waals surface area contributed by atoms with Crippen molar-refractivity contribution in [3.63, 3.8) is 0 Å². The molecule has 3 rings (SSSR count). The molecule has 2 heterocycles.